The van der Waals surface area contributed by atoms with E-state index in [-0.39, 0.29) is 18.4 Å². The summed E-state index contributed by atoms with van der Waals surface area (Å²) in [6, 6.07) is 2.21. The van der Waals surface area contributed by atoms with E-state index >= 15 is 0 Å². The monoisotopic (exact) mass is 404 g/mol. The zero-order valence-electron chi connectivity index (χ0n) is 16.1. The van der Waals surface area contributed by atoms with Gasteiger partial charge in [-0.2, -0.15) is 4.98 Å². The molecule has 1 aliphatic carbocycles. The molecule has 3 aromatic rings. The van der Waals surface area contributed by atoms with Crippen molar-refractivity contribution in [2.75, 3.05) is 26.7 Å². The Hall–Kier alpha value is -2.03. The Balaban J connectivity index is 0.00000192. The summed E-state index contributed by atoms with van der Waals surface area (Å²) in [7, 11) is 2.09. The van der Waals surface area contributed by atoms with E-state index in [1.807, 2.05) is 0 Å². The molecule has 0 spiro atoms. The van der Waals surface area contributed by atoms with Crippen LogP contribution in [-0.4, -0.2) is 51.9 Å². The van der Waals surface area contributed by atoms with Crippen molar-refractivity contribution < 1.29 is 9.05 Å². The Morgan fingerprint density at radius 2 is 2.07 bits per heavy atom. The molecule has 0 aromatic carbocycles. The first-order valence-electron chi connectivity index (χ1n) is 9.78. The van der Waals surface area contributed by atoms with Gasteiger partial charge in [-0.3, -0.25) is 4.90 Å². The summed E-state index contributed by atoms with van der Waals surface area (Å²) in [6.07, 6.45) is 4.16. The molecule has 8 nitrogen and oxygen atoms in total. The molecule has 1 saturated heterocycles. The Morgan fingerprint density at radius 3 is 2.82 bits per heavy atom. The molecule has 1 unspecified atom stereocenters. The number of likely N-dealkylation sites (N-methyl/N-ethyl adjacent to an activating group) is 1. The van der Waals surface area contributed by atoms with Crippen molar-refractivity contribution in [3.63, 3.8) is 0 Å². The van der Waals surface area contributed by atoms with Crippen LogP contribution in [0.1, 0.15) is 55.4 Å². The van der Waals surface area contributed by atoms with Crippen LogP contribution in [0, 0.1) is 0 Å². The van der Waals surface area contributed by atoms with Crippen LogP contribution in [0.2, 0.25) is 0 Å². The fourth-order valence-electron chi connectivity index (χ4n) is 3.77. The highest BCUT2D eigenvalue weighted by Gasteiger charge is 2.30. The largest absolute Gasteiger partial charge is 0.336 e. The Bertz CT molecular complexity index is 967. The predicted octanol–water partition coefficient (Wildman–Crippen LogP) is 3.10. The van der Waals surface area contributed by atoms with Gasteiger partial charge in [-0.25, -0.2) is 4.98 Å². The normalized spacial score (nSPS) is 20.4. The summed E-state index contributed by atoms with van der Waals surface area (Å²) >= 11 is 0. The smallest absolute Gasteiger partial charge is 0.259 e. The molecule has 5 rings (SSSR count). The maximum Gasteiger partial charge on any atom is 0.259 e. The molecule has 28 heavy (non-hydrogen) atoms. The second kappa shape index (κ2) is 7.77. The summed E-state index contributed by atoms with van der Waals surface area (Å²) in [6.45, 7) is 4.90. The SMILES string of the molecule is CCCc1noc2nc(C3CC3)cc(-c3nc(C4CNCCN4C)no3)c12.Cl. The van der Waals surface area contributed by atoms with Crippen LogP contribution >= 0.6 is 12.4 Å². The Kier molecular flexibility index (Phi) is 5.35. The van der Waals surface area contributed by atoms with Crippen molar-refractivity contribution in [3.8, 4) is 11.5 Å². The first-order chi connectivity index (χ1) is 13.2. The van der Waals surface area contributed by atoms with Crippen molar-refractivity contribution in [2.45, 2.75) is 44.6 Å². The number of nitrogens with one attached hydrogen (secondary N) is 1. The van der Waals surface area contributed by atoms with Gasteiger partial charge >= 0.3 is 0 Å². The van der Waals surface area contributed by atoms with Crippen molar-refractivity contribution in [3.05, 3.63) is 23.3 Å². The molecular weight excluding hydrogens is 380 g/mol. The zero-order valence-corrected chi connectivity index (χ0v) is 17.0. The van der Waals surface area contributed by atoms with Crippen LogP contribution in [0.3, 0.4) is 0 Å². The van der Waals surface area contributed by atoms with Crippen LogP contribution in [0.25, 0.3) is 22.6 Å². The number of aromatic nitrogens is 4. The van der Waals surface area contributed by atoms with Gasteiger partial charge in [0.2, 0.25) is 0 Å². The molecular formula is C19H25ClN6O2. The molecule has 150 valence electrons. The van der Waals surface area contributed by atoms with E-state index in [1.54, 1.807) is 0 Å². The maximum atomic E-state index is 5.71. The molecule has 1 atom stereocenters. The van der Waals surface area contributed by atoms with E-state index in [2.05, 4.69) is 40.6 Å². The zero-order chi connectivity index (χ0) is 18.4. The van der Waals surface area contributed by atoms with Crippen molar-refractivity contribution in [1.82, 2.24) is 30.5 Å². The third-order valence-electron chi connectivity index (χ3n) is 5.50. The number of aryl methyl sites for hydroxylation is 1. The van der Waals surface area contributed by atoms with Crippen LogP contribution in [0.5, 0.6) is 0 Å². The number of fused-ring (bicyclic) bond motifs is 1. The average Bonchev–Trinajstić information content (AvgIpc) is 3.28. The summed E-state index contributed by atoms with van der Waals surface area (Å²) in [4.78, 5) is 11.7. The highest BCUT2D eigenvalue weighted by molar-refractivity contribution is 5.91. The highest BCUT2D eigenvalue weighted by Crippen LogP contribution is 2.42. The topological polar surface area (TPSA) is 93.1 Å². The molecule has 2 aliphatic rings. The number of halogens is 1. The van der Waals surface area contributed by atoms with Crippen LogP contribution < -0.4 is 5.32 Å². The van der Waals surface area contributed by atoms with E-state index in [4.69, 9.17) is 19.0 Å². The van der Waals surface area contributed by atoms with Gasteiger partial charge in [0.15, 0.2) is 5.82 Å². The summed E-state index contributed by atoms with van der Waals surface area (Å²) in [5.74, 6) is 1.74. The van der Waals surface area contributed by atoms with Gasteiger partial charge < -0.3 is 14.4 Å². The average molecular weight is 405 g/mol. The molecule has 4 heterocycles. The number of hydrogen-bond acceptors (Lipinski definition) is 8. The number of rotatable bonds is 5. The minimum atomic E-state index is 0. The molecule has 9 heteroatoms. The lowest BCUT2D eigenvalue weighted by atomic mass is 10.1. The predicted molar refractivity (Wildman–Crippen MR) is 107 cm³/mol. The van der Waals surface area contributed by atoms with Gasteiger partial charge in [-0.1, -0.05) is 23.7 Å². The highest BCUT2D eigenvalue weighted by atomic mass is 35.5. The first-order valence-corrected chi connectivity index (χ1v) is 9.78. The van der Waals surface area contributed by atoms with E-state index in [1.165, 1.54) is 12.8 Å². The summed E-state index contributed by atoms with van der Waals surface area (Å²) in [5.41, 5.74) is 3.42. The molecule has 1 aliphatic heterocycles. The van der Waals surface area contributed by atoms with E-state index in [0.29, 0.717) is 23.3 Å². The minimum Gasteiger partial charge on any atom is -0.336 e. The fraction of sp³-hybridized carbons (Fsp3) is 0.579. The molecule has 0 bridgehead atoms. The lowest BCUT2D eigenvalue weighted by Gasteiger charge is -2.30. The van der Waals surface area contributed by atoms with Crippen LogP contribution in [-0.2, 0) is 6.42 Å². The van der Waals surface area contributed by atoms with Crippen LogP contribution in [0.4, 0.5) is 0 Å². The Morgan fingerprint density at radius 1 is 1.21 bits per heavy atom. The maximum absolute atomic E-state index is 5.71. The molecule has 0 radical (unpaired) electrons. The van der Waals surface area contributed by atoms with E-state index in [0.717, 1.165) is 54.8 Å². The van der Waals surface area contributed by atoms with Crippen molar-refractivity contribution >= 4 is 23.5 Å². The van der Waals surface area contributed by atoms with Gasteiger partial charge in [0, 0.05) is 31.2 Å². The van der Waals surface area contributed by atoms with Crippen molar-refractivity contribution in [2.24, 2.45) is 0 Å². The summed E-state index contributed by atoms with van der Waals surface area (Å²) < 4.78 is 11.3. The summed E-state index contributed by atoms with van der Waals surface area (Å²) in [5, 5.41) is 12.8. The lowest BCUT2D eigenvalue weighted by Crippen LogP contribution is -2.44. The third-order valence-corrected chi connectivity index (χ3v) is 5.50. The number of piperazine rings is 1. The Labute approximate surface area is 169 Å². The van der Waals surface area contributed by atoms with Gasteiger partial charge in [0.1, 0.15) is 0 Å². The minimum absolute atomic E-state index is 0. The quantitative estimate of drug-likeness (QED) is 0.693. The molecule has 0 amide bonds. The van der Waals surface area contributed by atoms with Gasteiger partial charge in [0.25, 0.3) is 11.6 Å². The fourth-order valence-corrected chi connectivity index (χ4v) is 3.77. The van der Waals surface area contributed by atoms with Gasteiger partial charge in [-0.15, -0.1) is 12.4 Å². The number of nitrogens with zero attached hydrogens (tertiary/aromatic N) is 5. The van der Waals surface area contributed by atoms with Gasteiger partial charge in [-0.05, 0) is 32.4 Å². The molecule has 1 N–H and O–H groups in total. The van der Waals surface area contributed by atoms with Gasteiger partial charge in [0.05, 0.1) is 22.7 Å². The van der Waals surface area contributed by atoms with Crippen molar-refractivity contribution in [1.29, 1.82) is 0 Å². The number of pyridine rings is 1. The third kappa shape index (κ3) is 3.40. The second-order valence-corrected chi connectivity index (χ2v) is 7.59. The molecule has 2 fully saturated rings. The lowest BCUT2D eigenvalue weighted by molar-refractivity contribution is 0.190. The first kappa shape index (κ1) is 19.3. The number of hydrogen-bond donors (Lipinski definition) is 1. The van der Waals surface area contributed by atoms with Crippen LogP contribution in [0.15, 0.2) is 15.1 Å². The molecule has 3 aromatic heterocycles. The molecule has 1 saturated carbocycles. The standard InChI is InChI=1S/C19H24N6O2.ClH/c1-3-4-13-16-12(9-14(11-5-6-11)21-19(16)27-23-13)18-22-17(24-26-18)15-10-20-7-8-25(15)2;/h9,11,15,20H,3-8,10H2,1-2H3;1H. The van der Waals surface area contributed by atoms with E-state index in [9.17, 15) is 0 Å². The van der Waals surface area contributed by atoms with E-state index < -0.39 is 0 Å². The second-order valence-electron chi connectivity index (χ2n) is 7.59.